The summed E-state index contributed by atoms with van der Waals surface area (Å²) in [4.78, 5) is 3.15. The molecule has 6 heteroatoms. The Morgan fingerprint density at radius 1 is 1.00 bits per heavy atom. The minimum atomic E-state index is -1.38. The van der Waals surface area contributed by atoms with Crippen LogP contribution in [0.2, 0.25) is 0 Å². The van der Waals surface area contributed by atoms with E-state index >= 15 is 0 Å². The summed E-state index contributed by atoms with van der Waals surface area (Å²) in [6.07, 6.45) is 0. The second kappa shape index (κ2) is 5.26. The molecule has 0 saturated carbocycles. The normalized spacial score (nSPS) is 12.3. The quantitative estimate of drug-likeness (QED) is 0.677. The summed E-state index contributed by atoms with van der Waals surface area (Å²) in [5, 5.41) is 2.60. The fourth-order valence-electron chi connectivity index (χ4n) is 1.59. The SMILES string of the molecule is CC(Nc1nc(F)c(F)cc1F)c1ccc(F)cc1. The zero-order valence-electron chi connectivity index (χ0n) is 9.92. The summed E-state index contributed by atoms with van der Waals surface area (Å²) in [6, 6.07) is 5.50. The van der Waals surface area contributed by atoms with Crippen molar-refractivity contribution in [1.29, 1.82) is 0 Å². The molecule has 2 rings (SSSR count). The van der Waals surface area contributed by atoms with Crippen LogP contribution in [0.15, 0.2) is 30.3 Å². The molecule has 100 valence electrons. The van der Waals surface area contributed by atoms with E-state index in [4.69, 9.17) is 0 Å². The van der Waals surface area contributed by atoms with Crippen LogP contribution in [-0.2, 0) is 0 Å². The van der Waals surface area contributed by atoms with Gasteiger partial charge in [0.05, 0.1) is 6.04 Å². The fourth-order valence-corrected chi connectivity index (χ4v) is 1.59. The van der Waals surface area contributed by atoms with Crippen LogP contribution in [-0.4, -0.2) is 4.98 Å². The predicted molar refractivity (Wildman–Crippen MR) is 62.5 cm³/mol. The van der Waals surface area contributed by atoms with Crippen LogP contribution in [0.4, 0.5) is 23.4 Å². The van der Waals surface area contributed by atoms with Gasteiger partial charge < -0.3 is 5.32 Å². The Balaban J connectivity index is 2.21. The highest BCUT2D eigenvalue weighted by Gasteiger charge is 2.14. The molecule has 2 aromatic rings. The zero-order chi connectivity index (χ0) is 14.0. The summed E-state index contributed by atoms with van der Waals surface area (Å²) < 4.78 is 51.8. The van der Waals surface area contributed by atoms with E-state index in [0.29, 0.717) is 11.6 Å². The van der Waals surface area contributed by atoms with E-state index < -0.39 is 35.3 Å². The average molecular weight is 270 g/mol. The highest BCUT2D eigenvalue weighted by atomic mass is 19.2. The van der Waals surface area contributed by atoms with Crippen LogP contribution in [0.5, 0.6) is 0 Å². The van der Waals surface area contributed by atoms with Gasteiger partial charge in [-0.25, -0.2) is 13.2 Å². The van der Waals surface area contributed by atoms with Crippen molar-refractivity contribution >= 4 is 5.82 Å². The van der Waals surface area contributed by atoms with Crippen molar-refractivity contribution < 1.29 is 17.6 Å². The van der Waals surface area contributed by atoms with Gasteiger partial charge in [0.25, 0.3) is 5.95 Å². The Morgan fingerprint density at radius 3 is 2.26 bits per heavy atom. The smallest absolute Gasteiger partial charge is 0.251 e. The Morgan fingerprint density at radius 2 is 1.63 bits per heavy atom. The van der Waals surface area contributed by atoms with Gasteiger partial charge in [0.2, 0.25) is 0 Å². The molecule has 1 unspecified atom stereocenters. The Kier molecular flexibility index (Phi) is 3.69. The van der Waals surface area contributed by atoms with Crippen LogP contribution in [0.1, 0.15) is 18.5 Å². The lowest BCUT2D eigenvalue weighted by Gasteiger charge is -2.15. The predicted octanol–water partition coefficient (Wildman–Crippen LogP) is 3.81. The van der Waals surface area contributed by atoms with Gasteiger partial charge in [0.1, 0.15) is 5.82 Å². The van der Waals surface area contributed by atoms with Crippen LogP contribution >= 0.6 is 0 Å². The molecule has 0 amide bonds. The summed E-state index contributed by atoms with van der Waals surface area (Å²) >= 11 is 0. The van der Waals surface area contributed by atoms with Gasteiger partial charge in [-0.05, 0) is 24.6 Å². The van der Waals surface area contributed by atoms with Crippen LogP contribution in [0, 0.1) is 23.4 Å². The molecule has 0 saturated heterocycles. The fraction of sp³-hybridized carbons (Fsp3) is 0.154. The highest BCUT2D eigenvalue weighted by molar-refractivity contribution is 5.39. The van der Waals surface area contributed by atoms with E-state index in [2.05, 4.69) is 10.3 Å². The number of nitrogens with zero attached hydrogens (tertiary/aromatic N) is 1. The molecular weight excluding hydrogens is 260 g/mol. The zero-order valence-corrected chi connectivity index (χ0v) is 9.92. The van der Waals surface area contributed by atoms with Crippen molar-refractivity contribution in [3.05, 3.63) is 59.3 Å². The van der Waals surface area contributed by atoms with Crippen LogP contribution in [0.25, 0.3) is 0 Å². The average Bonchev–Trinajstić information content (AvgIpc) is 2.36. The molecule has 1 heterocycles. The summed E-state index contributed by atoms with van der Waals surface area (Å²) in [5.74, 6) is -4.51. The Labute approximate surface area is 107 Å². The molecule has 0 bridgehead atoms. The highest BCUT2D eigenvalue weighted by Crippen LogP contribution is 2.21. The summed E-state index contributed by atoms with van der Waals surface area (Å²) in [6.45, 7) is 1.66. The van der Waals surface area contributed by atoms with Gasteiger partial charge in [-0.2, -0.15) is 9.37 Å². The monoisotopic (exact) mass is 270 g/mol. The van der Waals surface area contributed by atoms with E-state index in [1.165, 1.54) is 24.3 Å². The maximum Gasteiger partial charge on any atom is 0.251 e. The lowest BCUT2D eigenvalue weighted by Crippen LogP contribution is -2.11. The van der Waals surface area contributed by atoms with Crippen molar-refractivity contribution in [3.63, 3.8) is 0 Å². The second-order valence-electron chi connectivity index (χ2n) is 4.01. The van der Waals surface area contributed by atoms with Gasteiger partial charge in [-0.3, -0.25) is 0 Å². The van der Waals surface area contributed by atoms with E-state index in [9.17, 15) is 17.6 Å². The van der Waals surface area contributed by atoms with E-state index in [1.807, 2.05) is 0 Å². The largest absolute Gasteiger partial charge is 0.361 e. The molecule has 0 radical (unpaired) electrons. The number of hydrogen-bond acceptors (Lipinski definition) is 2. The van der Waals surface area contributed by atoms with Gasteiger partial charge in [-0.1, -0.05) is 12.1 Å². The molecule has 0 aliphatic carbocycles. The third-order valence-corrected chi connectivity index (χ3v) is 2.61. The molecule has 0 aliphatic heterocycles. The van der Waals surface area contributed by atoms with Gasteiger partial charge in [0, 0.05) is 6.07 Å². The molecule has 0 spiro atoms. The first-order chi connectivity index (χ1) is 8.97. The first-order valence-corrected chi connectivity index (χ1v) is 5.51. The van der Waals surface area contributed by atoms with Gasteiger partial charge >= 0.3 is 0 Å². The molecule has 1 N–H and O–H groups in total. The summed E-state index contributed by atoms with van der Waals surface area (Å²) in [7, 11) is 0. The minimum absolute atomic E-state index is 0.393. The Bertz CT molecular complexity index is 584. The second-order valence-corrected chi connectivity index (χ2v) is 4.01. The maximum atomic E-state index is 13.4. The Hall–Kier alpha value is -2.11. The number of hydrogen-bond donors (Lipinski definition) is 1. The van der Waals surface area contributed by atoms with Crippen LogP contribution in [0.3, 0.4) is 0 Å². The maximum absolute atomic E-state index is 13.4. The van der Waals surface area contributed by atoms with E-state index in [1.54, 1.807) is 6.92 Å². The van der Waals surface area contributed by atoms with E-state index in [0.717, 1.165) is 0 Å². The molecular formula is C13H10F4N2. The van der Waals surface area contributed by atoms with Gasteiger partial charge in [-0.15, -0.1) is 0 Å². The number of pyridine rings is 1. The topological polar surface area (TPSA) is 24.9 Å². The molecule has 2 nitrogen and oxygen atoms in total. The first kappa shape index (κ1) is 13.3. The van der Waals surface area contributed by atoms with E-state index in [-0.39, 0.29) is 0 Å². The van der Waals surface area contributed by atoms with Crippen molar-refractivity contribution in [3.8, 4) is 0 Å². The van der Waals surface area contributed by atoms with Crippen molar-refractivity contribution in [2.24, 2.45) is 0 Å². The molecule has 0 fully saturated rings. The van der Waals surface area contributed by atoms with Crippen molar-refractivity contribution in [1.82, 2.24) is 4.98 Å². The molecule has 1 atom stereocenters. The van der Waals surface area contributed by atoms with Gasteiger partial charge in [0.15, 0.2) is 17.5 Å². The third kappa shape index (κ3) is 3.01. The van der Waals surface area contributed by atoms with Crippen molar-refractivity contribution in [2.75, 3.05) is 5.32 Å². The number of benzene rings is 1. The summed E-state index contributed by atoms with van der Waals surface area (Å²) in [5.41, 5.74) is 0.660. The lowest BCUT2D eigenvalue weighted by molar-refractivity contribution is 0.465. The minimum Gasteiger partial charge on any atom is -0.361 e. The lowest BCUT2D eigenvalue weighted by atomic mass is 10.1. The van der Waals surface area contributed by atoms with Crippen molar-refractivity contribution in [2.45, 2.75) is 13.0 Å². The number of halogens is 4. The first-order valence-electron chi connectivity index (χ1n) is 5.51. The third-order valence-electron chi connectivity index (χ3n) is 2.61. The molecule has 1 aromatic heterocycles. The molecule has 19 heavy (non-hydrogen) atoms. The number of anilines is 1. The number of aromatic nitrogens is 1. The molecule has 0 aliphatic rings. The standard InChI is InChI=1S/C13H10F4N2/c1-7(8-2-4-9(14)5-3-8)18-13-11(16)6-10(15)12(17)19-13/h2-7H,1H3,(H,18,19). The molecule has 1 aromatic carbocycles. The number of rotatable bonds is 3. The number of nitrogens with one attached hydrogen (secondary N) is 1. The van der Waals surface area contributed by atoms with Crippen LogP contribution < -0.4 is 5.32 Å².